The second-order valence-electron chi connectivity index (χ2n) is 5.89. The van der Waals surface area contributed by atoms with Crippen molar-refractivity contribution < 1.29 is 9.59 Å². The van der Waals surface area contributed by atoms with Crippen molar-refractivity contribution in [1.29, 1.82) is 0 Å². The number of halogens is 2. The van der Waals surface area contributed by atoms with Crippen LogP contribution in [0.25, 0.3) is 5.65 Å². The lowest BCUT2D eigenvalue weighted by molar-refractivity contribution is -0.119. The Morgan fingerprint density at radius 1 is 1.32 bits per heavy atom. The van der Waals surface area contributed by atoms with Crippen molar-refractivity contribution in [3.63, 3.8) is 0 Å². The molecule has 0 radical (unpaired) electrons. The van der Waals surface area contributed by atoms with Crippen LogP contribution in [0.3, 0.4) is 0 Å². The Hall–Kier alpha value is -1.51. The summed E-state index contributed by atoms with van der Waals surface area (Å²) < 4.78 is 1.62. The van der Waals surface area contributed by atoms with Crippen LogP contribution in [0.1, 0.15) is 32.6 Å². The SMILES string of the molecule is C[C@H](Sc1nnc2c(Cl)cc(Cl)cn12)C(=O)NC(=O)NC1CCCC1. The molecule has 10 heteroatoms. The third kappa shape index (κ3) is 4.37. The van der Waals surface area contributed by atoms with Gasteiger partial charge in [-0.2, -0.15) is 0 Å². The van der Waals surface area contributed by atoms with Crippen LogP contribution in [0.15, 0.2) is 17.4 Å². The number of hydrogen-bond donors (Lipinski definition) is 2. The van der Waals surface area contributed by atoms with E-state index in [0.717, 1.165) is 25.7 Å². The van der Waals surface area contributed by atoms with E-state index in [9.17, 15) is 9.59 Å². The lowest BCUT2D eigenvalue weighted by atomic mass is 10.2. The summed E-state index contributed by atoms with van der Waals surface area (Å²) >= 11 is 13.2. The van der Waals surface area contributed by atoms with Gasteiger partial charge < -0.3 is 5.32 Å². The van der Waals surface area contributed by atoms with Crippen molar-refractivity contribution in [2.24, 2.45) is 0 Å². The van der Waals surface area contributed by atoms with Gasteiger partial charge in [0.2, 0.25) is 5.91 Å². The van der Waals surface area contributed by atoms with Crippen molar-refractivity contribution >= 4 is 52.5 Å². The molecule has 3 amide bonds. The van der Waals surface area contributed by atoms with Crippen LogP contribution in [0.4, 0.5) is 4.79 Å². The van der Waals surface area contributed by atoms with Gasteiger partial charge in [-0.3, -0.25) is 14.5 Å². The molecule has 1 atom stereocenters. The number of urea groups is 1. The van der Waals surface area contributed by atoms with E-state index < -0.39 is 17.2 Å². The molecule has 2 heterocycles. The van der Waals surface area contributed by atoms with Crippen molar-refractivity contribution in [2.75, 3.05) is 0 Å². The molecule has 0 unspecified atom stereocenters. The Kier molecular flexibility index (Phi) is 5.71. The highest BCUT2D eigenvalue weighted by Crippen LogP contribution is 2.27. The standard InChI is InChI=1S/C15H17Cl2N5O2S/c1-8(13(23)19-14(24)18-10-4-2-3-5-10)25-15-21-20-12-11(17)6-9(16)7-22(12)15/h6-8,10H,2-5H2,1H3,(H2,18,19,23,24)/t8-/m0/s1. The summed E-state index contributed by atoms with van der Waals surface area (Å²) in [5.41, 5.74) is 0.458. The number of pyridine rings is 1. The highest BCUT2D eigenvalue weighted by atomic mass is 35.5. The number of amides is 3. The smallest absolute Gasteiger partial charge is 0.321 e. The summed E-state index contributed by atoms with van der Waals surface area (Å²) in [5.74, 6) is -0.398. The van der Waals surface area contributed by atoms with Gasteiger partial charge in [-0.05, 0) is 25.8 Å². The van der Waals surface area contributed by atoms with Gasteiger partial charge in [0.15, 0.2) is 10.8 Å². The topological polar surface area (TPSA) is 88.4 Å². The predicted molar refractivity (Wildman–Crippen MR) is 97.3 cm³/mol. The van der Waals surface area contributed by atoms with Crippen LogP contribution in [0.2, 0.25) is 10.0 Å². The fraction of sp³-hybridized carbons (Fsp3) is 0.467. The van der Waals surface area contributed by atoms with Gasteiger partial charge in [-0.1, -0.05) is 47.8 Å². The summed E-state index contributed by atoms with van der Waals surface area (Å²) in [4.78, 5) is 24.1. The molecule has 0 saturated heterocycles. The van der Waals surface area contributed by atoms with E-state index in [1.807, 2.05) is 0 Å². The summed E-state index contributed by atoms with van der Waals surface area (Å²) in [5, 5.41) is 14.0. The minimum absolute atomic E-state index is 0.153. The first-order valence-electron chi connectivity index (χ1n) is 7.92. The van der Waals surface area contributed by atoms with E-state index in [0.29, 0.717) is 20.8 Å². The van der Waals surface area contributed by atoms with Gasteiger partial charge >= 0.3 is 6.03 Å². The molecule has 2 aromatic heterocycles. The summed E-state index contributed by atoms with van der Waals surface area (Å²) in [7, 11) is 0. The molecule has 0 spiro atoms. The number of carbonyl (C=O) groups is 2. The third-order valence-electron chi connectivity index (χ3n) is 3.97. The lowest BCUT2D eigenvalue weighted by Crippen LogP contribution is -2.45. The first-order chi connectivity index (χ1) is 11.9. The van der Waals surface area contributed by atoms with Crippen LogP contribution >= 0.6 is 35.0 Å². The summed E-state index contributed by atoms with van der Waals surface area (Å²) in [6.45, 7) is 1.69. The zero-order valence-corrected chi connectivity index (χ0v) is 15.8. The van der Waals surface area contributed by atoms with Crippen molar-refractivity contribution in [1.82, 2.24) is 25.2 Å². The Morgan fingerprint density at radius 2 is 2.04 bits per heavy atom. The highest BCUT2D eigenvalue weighted by molar-refractivity contribution is 8.00. The number of fused-ring (bicyclic) bond motifs is 1. The zero-order chi connectivity index (χ0) is 18.0. The minimum atomic E-state index is -0.542. The van der Waals surface area contributed by atoms with Crippen LogP contribution in [0, 0.1) is 0 Å². The molecule has 134 valence electrons. The molecular formula is C15H17Cl2N5O2S. The molecule has 25 heavy (non-hydrogen) atoms. The second-order valence-corrected chi connectivity index (χ2v) is 8.04. The molecule has 1 aliphatic carbocycles. The van der Waals surface area contributed by atoms with E-state index in [4.69, 9.17) is 23.2 Å². The van der Waals surface area contributed by atoms with Gasteiger partial charge in [-0.25, -0.2) is 4.79 Å². The molecule has 2 N–H and O–H groups in total. The lowest BCUT2D eigenvalue weighted by Gasteiger charge is -2.14. The van der Waals surface area contributed by atoms with E-state index in [2.05, 4.69) is 20.8 Å². The minimum Gasteiger partial charge on any atom is -0.335 e. The van der Waals surface area contributed by atoms with Crippen LogP contribution in [0.5, 0.6) is 0 Å². The van der Waals surface area contributed by atoms with Gasteiger partial charge in [0.25, 0.3) is 0 Å². The van der Waals surface area contributed by atoms with E-state index in [1.165, 1.54) is 11.8 Å². The average molecular weight is 402 g/mol. The Bertz CT molecular complexity index is 807. The summed E-state index contributed by atoms with van der Waals surface area (Å²) in [6, 6.07) is 1.27. The third-order valence-corrected chi connectivity index (χ3v) is 5.52. The Morgan fingerprint density at radius 3 is 2.76 bits per heavy atom. The van der Waals surface area contributed by atoms with E-state index in [-0.39, 0.29) is 6.04 Å². The molecule has 1 fully saturated rings. The fourth-order valence-electron chi connectivity index (χ4n) is 2.70. The number of imide groups is 1. The normalized spacial score (nSPS) is 16.1. The number of carbonyl (C=O) groups excluding carboxylic acids is 2. The molecule has 2 aromatic rings. The summed E-state index contributed by atoms with van der Waals surface area (Å²) in [6.07, 6.45) is 5.76. The molecule has 0 bridgehead atoms. The molecule has 0 aliphatic heterocycles. The van der Waals surface area contributed by atoms with Crippen molar-refractivity contribution in [2.45, 2.75) is 49.1 Å². The number of nitrogens with zero attached hydrogens (tertiary/aromatic N) is 3. The highest BCUT2D eigenvalue weighted by Gasteiger charge is 2.22. The Balaban J connectivity index is 1.62. The van der Waals surface area contributed by atoms with Crippen LogP contribution < -0.4 is 10.6 Å². The Labute approximate surface area is 158 Å². The fourth-order valence-corrected chi connectivity index (χ4v) is 4.03. The molecule has 0 aromatic carbocycles. The molecular weight excluding hydrogens is 385 g/mol. The largest absolute Gasteiger partial charge is 0.335 e. The number of nitrogens with one attached hydrogen (secondary N) is 2. The quantitative estimate of drug-likeness (QED) is 0.767. The monoisotopic (exact) mass is 401 g/mol. The van der Waals surface area contributed by atoms with Crippen LogP contribution in [-0.4, -0.2) is 37.8 Å². The van der Waals surface area contributed by atoms with Crippen molar-refractivity contribution in [3.05, 3.63) is 22.3 Å². The zero-order valence-electron chi connectivity index (χ0n) is 13.5. The number of hydrogen-bond acceptors (Lipinski definition) is 5. The number of aromatic nitrogens is 3. The molecule has 1 aliphatic rings. The van der Waals surface area contributed by atoms with Gasteiger partial charge in [0.1, 0.15) is 0 Å². The molecule has 1 saturated carbocycles. The molecule has 7 nitrogen and oxygen atoms in total. The second kappa shape index (κ2) is 7.80. The average Bonchev–Trinajstić information content (AvgIpc) is 3.17. The van der Waals surface area contributed by atoms with E-state index in [1.54, 1.807) is 23.6 Å². The maximum atomic E-state index is 12.2. The first kappa shape index (κ1) is 18.3. The molecule has 3 rings (SSSR count). The van der Waals surface area contributed by atoms with Crippen molar-refractivity contribution in [3.8, 4) is 0 Å². The maximum Gasteiger partial charge on any atom is 0.321 e. The van der Waals surface area contributed by atoms with Crippen LogP contribution in [-0.2, 0) is 4.79 Å². The maximum absolute atomic E-state index is 12.2. The van der Waals surface area contributed by atoms with E-state index >= 15 is 0 Å². The van der Waals surface area contributed by atoms with Gasteiger partial charge in [-0.15, -0.1) is 10.2 Å². The predicted octanol–water partition coefficient (Wildman–Crippen LogP) is 3.29. The number of thioether (sulfide) groups is 1. The number of rotatable bonds is 4. The first-order valence-corrected chi connectivity index (χ1v) is 9.55. The van der Waals surface area contributed by atoms with Gasteiger partial charge in [0.05, 0.1) is 15.3 Å². The van der Waals surface area contributed by atoms with Gasteiger partial charge in [0, 0.05) is 12.2 Å².